The highest BCUT2D eigenvalue weighted by Crippen LogP contribution is 2.34. The molecule has 1 aromatic carbocycles. The summed E-state index contributed by atoms with van der Waals surface area (Å²) in [6, 6.07) is 4.79. The quantitative estimate of drug-likeness (QED) is 0.912. The summed E-state index contributed by atoms with van der Waals surface area (Å²) in [7, 11) is 1.83. The van der Waals surface area contributed by atoms with E-state index in [4.69, 9.17) is 5.73 Å². The van der Waals surface area contributed by atoms with Gasteiger partial charge in [0.25, 0.3) is 0 Å². The van der Waals surface area contributed by atoms with Gasteiger partial charge in [0.05, 0.1) is 16.0 Å². The topological polar surface area (TPSA) is 43.8 Å². The van der Waals surface area contributed by atoms with E-state index in [1.165, 1.54) is 17.8 Å². The molecule has 0 radical (unpaired) electrons. The molecule has 1 aromatic heterocycles. The Bertz CT molecular complexity index is 522. The molecule has 1 atom stereocenters. The van der Waals surface area contributed by atoms with E-state index in [1.54, 1.807) is 16.9 Å². The smallest absolute Gasteiger partial charge is 0.137 e. The fourth-order valence-corrected chi connectivity index (χ4v) is 2.64. The summed E-state index contributed by atoms with van der Waals surface area (Å²) in [5.41, 5.74) is 6.66. The van der Waals surface area contributed by atoms with Crippen molar-refractivity contribution in [2.24, 2.45) is 12.8 Å². The Balaban J connectivity index is 2.37. The molecule has 1 unspecified atom stereocenters. The van der Waals surface area contributed by atoms with Gasteiger partial charge in [-0.1, -0.05) is 23.9 Å². The molecule has 0 aliphatic heterocycles. The van der Waals surface area contributed by atoms with Crippen LogP contribution < -0.4 is 5.73 Å². The van der Waals surface area contributed by atoms with Crippen molar-refractivity contribution in [3.8, 4) is 0 Å². The Kier molecular flexibility index (Phi) is 3.49. The van der Waals surface area contributed by atoms with Crippen molar-refractivity contribution in [3.05, 3.63) is 42.0 Å². The Morgan fingerprint density at radius 1 is 1.47 bits per heavy atom. The van der Waals surface area contributed by atoms with Crippen LogP contribution in [0.2, 0.25) is 0 Å². The Labute approximate surface area is 104 Å². The largest absolute Gasteiger partial charge is 0.324 e. The van der Waals surface area contributed by atoms with Gasteiger partial charge in [-0.15, -0.1) is 0 Å². The van der Waals surface area contributed by atoms with E-state index >= 15 is 0 Å². The van der Waals surface area contributed by atoms with Gasteiger partial charge in [-0.05, 0) is 18.6 Å². The first kappa shape index (κ1) is 12.1. The molecule has 0 amide bonds. The van der Waals surface area contributed by atoms with E-state index < -0.39 is 0 Å². The van der Waals surface area contributed by atoms with E-state index in [-0.39, 0.29) is 11.9 Å². The lowest BCUT2D eigenvalue weighted by atomic mass is 10.1. The molecule has 0 saturated carbocycles. The summed E-state index contributed by atoms with van der Waals surface area (Å²) in [4.78, 5) is 1.48. The van der Waals surface area contributed by atoms with Crippen LogP contribution in [0.15, 0.2) is 40.4 Å². The molecule has 1 heterocycles. The number of nitrogens with zero attached hydrogens (tertiary/aromatic N) is 2. The second kappa shape index (κ2) is 4.89. The maximum Gasteiger partial charge on any atom is 0.137 e. The van der Waals surface area contributed by atoms with Gasteiger partial charge in [-0.3, -0.25) is 4.68 Å². The van der Waals surface area contributed by atoms with Crippen molar-refractivity contribution in [2.75, 3.05) is 0 Å². The lowest BCUT2D eigenvalue weighted by Gasteiger charge is -2.12. The highest BCUT2D eigenvalue weighted by atomic mass is 32.2. The van der Waals surface area contributed by atoms with Gasteiger partial charge in [-0.25, -0.2) is 4.39 Å². The van der Waals surface area contributed by atoms with Gasteiger partial charge >= 0.3 is 0 Å². The van der Waals surface area contributed by atoms with Gasteiger partial charge in [0.2, 0.25) is 0 Å². The van der Waals surface area contributed by atoms with Crippen LogP contribution in [0.3, 0.4) is 0 Å². The molecule has 90 valence electrons. The first-order valence-corrected chi connectivity index (χ1v) is 6.10. The molecular weight excluding hydrogens is 237 g/mol. The summed E-state index contributed by atoms with van der Waals surface area (Å²) in [5, 5.41) is 4.06. The van der Waals surface area contributed by atoms with E-state index in [0.29, 0.717) is 4.90 Å². The highest BCUT2D eigenvalue weighted by molar-refractivity contribution is 7.99. The number of benzene rings is 1. The number of hydrogen-bond acceptors (Lipinski definition) is 3. The number of hydrogen-bond donors (Lipinski definition) is 1. The SMILES string of the molecule is CC(N)c1cccc(F)c1Sc1cnn(C)c1. The second-order valence-electron chi connectivity index (χ2n) is 3.90. The zero-order valence-corrected chi connectivity index (χ0v) is 10.5. The third kappa shape index (κ3) is 2.68. The molecule has 0 fully saturated rings. The normalized spacial score (nSPS) is 12.7. The monoisotopic (exact) mass is 251 g/mol. The van der Waals surface area contributed by atoms with Gasteiger partial charge in [-0.2, -0.15) is 5.10 Å². The predicted octanol–water partition coefficient (Wildman–Crippen LogP) is 2.73. The zero-order chi connectivity index (χ0) is 12.4. The minimum Gasteiger partial charge on any atom is -0.324 e. The number of aromatic nitrogens is 2. The fraction of sp³-hybridized carbons (Fsp3) is 0.250. The average molecular weight is 251 g/mol. The summed E-state index contributed by atoms with van der Waals surface area (Å²) in [6.45, 7) is 1.85. The molecule has 5 heteroatoms. The molecular formula is C12H14FN3S. The van der Waals surface area contributed by atoms with E-state index in [9.17, 15) is 4.39 Å². The van der Waals surface area contributed by atoms with Crippen molar-refractivity contribution in [2.45, 2.75) is 22.8 Å². The zero-order valence-electron chi connectivity index (χ0n) is 9.72. The number of nitrogens with two attached hydrogens (primary N) is 1. The molecule has 0 aliphatic rings. The van der Waals surface area contributed by atoms with Crippen molar-refractivity contribution in [1.82, 2.24) is 9.78 Å². The standard InChI is InChI=1S/C12H14FN3S/c1-8(14)10-4-3-5-11(13)12(10)17-9-6-15-16(2)7-9/h3-8H,14H2,1-2H3. The van der Waals surface area contributed by atoms with Crippen LogP contribution in [0, 0.1) is 5.82 Å². The van der Waals surface area contributed by atoms with Gasteiger partial charge < -0.3 is 5.73 Å². The first-order chi connectivity index (χ1) is 8.08. The van der Waals surface area contributed by atoms with E-state index in [1.807, 2.05) is 26.2 Å². The van der Waals surface area contributed by atoms with E-state index in [0.717, 1.165) is 10.5 Å². The van der Waals surface area contributed by atoms with Crippen LogP contribution in [-0.4, -0.2) is 9.78 Å². The molecule has 0 aliphatic carbocycles. The van der Waals surface area contributed by atoms with Crippen LogP contribution >= 0.6 is 11.8 Å². The Hall–Kier alpha value is -1.33. The molecule has 0 spiro atoms. The molecule has 3 nitrogen and oxygen atoms in total. The maximum atomic E-state index is 13.8. The molecule has 17 heavy (non-hydrogen) atoms. The average Bonchev–Trinajstić information content (AvgIpc) is 2.67. The first-order valence-electron chi connectivity index (χ1n) is 5.28. The number of rotatable bonds is 3. The summed E-state index contributed by atoms with van der Waals surface area (Å²) < 4.78 is 15.5. The van der Waals surface area contributed by atoms with Crippen molar-refractivity contribution >= 4 is 11.8 Å². The van der Waals surface area contributed by atoms with Crippen LogP contribution in [0.1, 0.15) is 18.5 Å². The molecule has 0 saturated heterocycles. The van der Waals surface area contributed by atoms with Crippen molar-refractivity contribution in [3.63, 3.8) is 0 Å². The van der Waals surface area contributed by atoms with Gasteiger partial charge in [0, 0.05) is 19.3 Å². The Morgan fingerprint density at radius 3 is 2.82 bits per heavy atom. The van der Waals surface area contributed by atoms with Crippen LogP contribution in [0.4, 0.5) is 4.39 Å². The molecule has 2 rings (SSSR count). The molecule has 2 N–H and O–H groups in total. The number of halogens is 1. The molecule has 0 bridgehead atoms. The second-order valence-corrected chi connectivity index (χ2v) is 4.98. The minimum atomic E-state index is -0.242. The third-order valence-electron chi connectivity index (χ3n) is 2.39. The van der Waals surface area contributed by atoms with Gasteiger partial charge in [0.15, 0.2) is 0 Å². The third-order valence-corrected chi connectivity index (χ3v) is 3.47. The van der Waals surface area contributed by atoms with Crippen LogP contribution in [-0.2, 0) is 7.05 Å². The maximum absolute atomic E-state index is 13.8. The summed E-state index contributed by atoms with van der Waals surface area (Å²) in [5.74, 6) is -0.242. The predicted molar refractivity (Wildman–Crippen MR) is 66.3 cm³/mol. The summed E-state index contributed by atoms with van der Waals surface area (Å²) >= 11 is 1.35. The highest BCUT2D eigenvalue weighted by Gasteiger charge is 2.13. The van der Waals surface area contributed by atoms with Crippen LogP contribution in [0.25, 0.3) is 0 Å². The van der Waals surface area contributed by atoms with Crippen molar-refractivity contribution < 1.29 is 4.39 Å². The lowest BCUT2D eigenvalue weighted by molar-refractivity contribution is 0.591. The van der Waals surface area contributed by atoms with E-state index in [2.05, 4.69) is 5.10 Å². The fourth-order valence-electron chi connectivity index (χ4n) is 1.56. The summed E-state index contributed by atoms with van der Waals surface area (Å²) in [6.07, 6.45) is 3.56. The lowest BCUT2D eigenvalue weighted by Crippen LogP contribution is -2.07. The Morgan fingerprint density at radius 2 is 2.24 bits per heavy atom. The van der Waals surface area contributed by atoms with Crippen LogP contribution in [0.5, 0.6) is 0 Å². The van der Waals surface area contributed by atoms with Crippen molar-refractivity contribution in [1.29, 1.82) is 0 Å². The van der Waals surface area contributed by atoms with Gasteiger partial charge in [0.1, 0.15) is 5.82 Å². The molecule has 2 aromatic rings. The number of aryl methyl sites for hydroxylation is 1. The minimum absolute atomic E-state index is 0.190.